The number of aliphatic hydroxyl groups is 2. The first-order valence-electron chi connectivity index (χ1n) is 11.7. The van der Waals surface area contributed by atoms with Crippen molar-refractivity contribution in [3.63, 3.8) is 0 Å². The largest absolute Gasteiger partial charge is 0.450 e. The van der Waals surface area contributed by atoms with Crippen LogP contribution in [0.15, 0.2) is 23.8 Å². The summed E-state index contributed by atoms with van der Waals surface area (Å²) in [7, 11) is 0. The minimum atomic E-state index is -2.06. The number of carbonyl (C=O) groups is 3. The second-order valence-electron chi connectivity index (χ2n) is 10.7. The van der Waals surface area contributed by atoms with E-state index >= 15 is 4.39 Å². The van der Waals surface area contributed by atoms with Gasteiger partial charge in [-0.1, -0.05) is 44.0 Å². The zero-order valence-electron chi connectivity index (χ0n) is 19.4. The molecule has 0 radical (unpaired) electrons. The van der Waals surface area contributed by atoms with E-state index in [-0.39, 0.29) is 18.6 Å². The normalized spacial score (nSPS) is 47.2. The molecule has 3 saturated carbocycles. The standard InChI is InChI=1S/C25H32ClFO6/c1-5-19(30)33-25(20(31)21(26)32)13(2)10-17-16-7-6-14-11-15(28)8-9-22(14,3)24(16,27)18(29)12-23(17,25)4/h8-9,11,13,16-18,21,29,32H,5-7,10,12H2,1-4H3/t13-,16+,17+,18+,21?,22+,23+,24+,25+/m1/s1. The molecule has 4 aliphatic carbocycles. The van der Waals surface area contributed by atoms with Crippen LogP contribution in [0, 0.1) is 28.6 Å². The van der Waals surface area contributed by atoms with Gasteiger partial charge in [0.1, 0.15) is 0 Å². The van der Waals surface area contributed by atoms with Gasteiger partial charge in [0.05, 0.1) is 6.10 Å². The highest BCUT2D eigenvalue weighted by Crippen LogP contribution is 2.71. The van der Waals surface area contributed by atoms with Crippen molar-refractivity contribution in [3.8, 4) is 0 Å². The molecule has 182 valence electrons. The highest BCUT2D eigenvalue weighted by molar-refractivity contribution is 6.31. The third kappa shape index (κ3) is 2.94. The lowest BCUT2D eigenvalue weighted by Crippen LogP contribution is -2.70. The molecule has 0 aromatic rings. The van der Waals surface area contributed by atoms with Crippen LogP contribution in [0.2, 0.25) is 0 Å². The number of ketones is 2. The predicted molar refractivity (Wildman–Crippen MR) is 119 cm³/mol. The zero-order valence-corrected chi connectivity index (χ0v) is 20.2. The number of esters is 1. The maximum Gasteiger partial charge on any atom is 0.306 e. The Labute approximate surface area is 198 Å². The first-order valence-corrected chi connectivity index (χ1v) is 12.1. The van der Waals surface area contributed by atoms with Gasteiger partial charge < -0.3 is 14.9 Å². The molecule has 0 spiro atoms. The molecular formula is C25H32ClFO6. The van der Waals surface area contributed by atoms with E-state index in [4.69, 9.17) is 16.3 Å². The van der Waals surface area contributed by atoms with Gasteiger partial charge in [-0.3, -0.25) is 14.4 Å². The molecule has 1 unspecified atom stereocenters. The maximum absolute atomic E-state index is 17.2. The van der Waals surface area contributed by atoms with Crippen LogP contribution in [0.3, 0.4) is 0 Å². The third-order valence-corrected chi connectivity index (χ3v) is 9.53. The minimum Gasteiger partial charge on any atom is -0.450 e. The molecule has 0 aromatic carbocycles. The monoisotopic (exact) mass is 482 g/mol. The highest BCUT2D eigenvalue weighted by Gasteiger charge is 2.77. The number of carbonyl (C=O) groups excluding carboxylic acids is 3. The van der Waals surface area contributed by atoms with Crippen molar-refractivity contribution in [3.05, 3.63) is 23.8 Å². The number of aliphatic hydroxyl groups excluding tert-OH is 2. The third-order valence-electron chi connectivity index (χ3n) is 9.33. The first-order chi connectivity index (χ1) is 15.3. The Morgan fingerprint density at radius 3 is 2.61 bits per heavy atom. The molecule has 9 atom stereocenters. The topological polar surface area (TPSA) is 101 Å². The van der Waals surface area contributed by atoms with Crippen molar-refractivity contribution in [1.29, 1.82) is 0 Å². The van der Waals surface area contributed by atoms with Crippen molar-refractivity contribution in [2.75, 3.05) is 0 Å². The summed E-state index contributed by atoms with van der Waals surface area (Å²) in [5.41, 5.74) is -7.36. The first kappa shape index (κ1) is 24.6. The SMILES string of the molecule is CCC(=O)O[C@]1(C(=O)C(O)Cl)[C@H](C)C[C@H]2[C@@H]3CCC4=CC(=O)C=C[C@]4(C)[C@@]3(F)[C@@H](O)C[C@@]21C. The maximum atomic E-state index is 17.2. The van der Waals surface area contributed by atoms with Crippen molar-refractivity contribution >= 4 is 29.1 Å². The summed E-state index contributed by atoms with van der Waals surface area (Å²) in [5, 5.41) is 21.5. The van der Waals surface area contributed by atoms with E-state index in [1.807, 2.05) is 0 Å². The molecule has 4 rings (SSSR count). The Bertz CT molecular complexity index is 961. The van der Waals surface area contributed by atoms with Gasteiger partial charge in [0.25, 0.3) is 0 Å². The number of ether oxygens (including phenoxy) is 1. The molecule has 3 fully saturated rings. The number of hydrogen-bond acceptors (Lipinski definition) is 6. The molecule has 0 aliphatic heterocycles. The van der Waals surface area contributed by atoms with E-state index in [9.17, 15) is 24.6 Å². The molecule has 2 N–H and O–H groups in total. The van der Waals surface area contributed by atoms with E-state index in [1.165, 1.54) is 12.2 Å². The van der Waals surface area contributed by atoms with E-state index in [0.717, 1.165) is 0 Å². The second-order valence-corrected chi connectivity index (χ2v) is 11.1. The van der Waals surface area contributed by atoms with Crippen LogP contribution in [-0.2, 0) is 19.1 Å². The fraction of sp³-hybridized carbons (Fsp3) is 0.720. The summed E-state index contributed by atoms with van der Waals surface area (Å²) >= 11 is 5.84. The van der Waals surface area contributed by atoms with E-state index in [0.29, 0.717) is 24.8 Å². The van der Waals surface area contributed by atoms with Crippen LogP contribution in [0.5, 0.6) is 0 Å². The van der Waals surface area contributed by atoms with Gasteiger partial charge in [0, 0.05) is 29.1 Å². The van der Waals surface area contributed by atoms with E-state index in [1.54, 1.807) is 33.8 Å². The van der Waals surface area contributed by atoms with Crippen LogP contribution in [-0.4, -0.2) is 50.7 Å². The number of allylic oxidation sites excluding steroid dienone is 4. The van der Waals surface area contributed by atoms with Crippen molar-refractivity contribution in [2.45, 2.75) is 82.7 Å². The number of fused-ring (bicyclic) bond motifs is 5. The fourth-order valence-corrected chi connectivity index (χ4v) is 7.91. The highest BCUT2D eigenvalue weighted by atomic mass is 35.5. The summed E-state index contributed by atoms with van der Waals surface area (Å²) < 4.78 is 23.0. The molecule has 33 heavy (non-hydrogen) atoms. The summed E-state index contributed by atoms with van der Waals surface area (Å²) in [6.45, 7) is 6.82. The lowest BCUT2D eigenvalue weighted by Gasteiger charge is -2.62. The molecule has 0 saturated heterocycles. The van der Waals surface area contributed by atoms with Gasteiger partial charge in [-0.2, -0.15) is 0 Å². The Morgan fingerprint density at radius 2 is 2.00 bits per heavy atom. The predicted octanol–water partition coefficient (Wildman–Crippen LogP) is 3.42. The molecule has 4 aliphatic rings. The minimum absolute atomic E-state index is 0.0188. The molecule has 0 amide bonds. The Balaban J connectivity index is 1.86. The summed E-state index contributed by atoms with van der Waals surface area (Å²) in [6.07, 6.45) is 4.03. The molecule has 6 nitrogen and oxygen atoms in total. The van der Waals surface area contributed by atoms with Gasteiger partial charge in [-0.25, -0.2) is 4.39 Å². The smallest absolute Gasteiger partial charge is 0.306 e. The molecule has 0 aromatic heterocycles. The van der Waals surface area contributed by atoms with Crippen LogP contribution < -0.4 is 0 Å². The van der Waals surface area contributed by atoms with Gasteiger partial charge in [0.15, 0.2) is 22.6 Å². The number of Topliss-reactive ketones (excluding diaryl/α,β-unsaturated/α-hetero) is 1. The van der Waals surface area contributed by atoms with Gasteiger partial charge in [-0.15, -0.1) is 0 Å². The van der Waals surface area contributed by atoms with Crippen LogP contribution in [0.25, 0.3) is 0 Å². The second kappa shape index (κ2) is 7.72. The van der Waals surface area contributed by atoms with Crippen LogP contribution in [0.4, 0.5) is 4.39 Å². The van der Waals surface area contributed by atoms with Gasteiger partial charge >= 0.3 is 5.97 Å². The Kier molecular flexibility index (Phi) is 5.74. The molecule has 0 bridgehead atoms. The summed E-state index contributed by atoms with van der Waals surface area (Å²) in [6, 6.07) is 0. The van der Waals surface area contributed by atoms with Crippen molar-refractivity contribution < 1.29 is 33.7 Å². The lowest BCUT2D eigenvalue weighted by atomic mass is 9.44. The van der Waals surface area contributed by atoms with Crippen molar-refractivity contribution in [2.24, 2.45) is 28.6 Å². The van der Waals surface area contributed by atoms with Crippen molar-refractivity contribution in [1.82, 2.24) is 0 Å². The summed E-state index contributed by atoms with van der Waals surface area (Å²) in [5.74, 6) is -3.22. The van der Waals surface area contributed by atoms with Crippen LogP contribution >= 0.6 is 11.6 Å². The quantitative estimate of drug-likeness (QED) is 0.470. The number of halogens is 2. The number of alkyl halides is 2. The molecule has 8 heteroatoms. The average Bonchev–Trinajstić information content (AvgIpc) is 2.96. The number of rotatable bonds is 4. The molecular weight excluding hydrogens is 451 g/mol. The Hall–Kier alpha value is -1.57. The zero-order chi connectivity index (χ0) is 24.6. The van der Waals surface area contributed by atoms with E-state index in [2.05, 4.69) is 0 Å². The van der Waals surface area contributed by atoms with E-state index < -0.39 is 63.3 Å². The number of hydrogen-bond donors (Lipinski definition) is 2. The van der Waals surface area contributed by atoms with Gasteiger partial charge in [-0.05, 0) is 50.7 Å². The Morgan fingerprint density at radius 1 is 1.33 bits per heavy atom. The average molecular weight is 483 g/mol. The fourth-order valence-electron chi connectivity index (χ4n) is 7.75. The lowest BCUT2D eigenvalue weighted by molar-refractivity contribution is -0.228. The molecule has 0 heterocycles. The van der Waals surface area contributed by atoms with Crippen LogP contribution in [0.1, 0.15) is 59.8 Å². The van der Waals surface area contributed by atoms with Gasteiger partial charge in [0.2, 0.25) is 5.78 Å². The summed E-state index contributed by atoms with van der Waals surface area (Å²) in [4.78, 5) is 37.8.